The predicted octanol–water partition coefficient (Wildman–Crippen LogP) is 4.40. The number of amides is 1. The summed E-state index contributed by atoms with van der Waals surface area (Å²) < 4.78 is 0. The lowest BCUT2D eigenvalue weighted by atomic mass is 10.1. The fourth-order valence-electron chi connectivity index (χ4n) is 3.16. The summed E-state index contributed by atoms with van der Waals surface area (Å²) in [5.41, 5.74) is 1.20. The minimum Gasteiger partial charge on any atom is -0.506 e. The van der Waals surface area contributed by atoms with Crippen LogP contribution < -0.4 is 10.9 Å². The van der Waals surface area contributed by atoms with Gasteiger partial charge in [-0.1, -0.05) is 25.5 Å². The molecule has 7 heteroatoms. The molecule has 0 aliphatic carbocycles. The second-order valence-electron chi connectivity index (χ2n) is 6.75. The van der Waals surface area contributed by atoms with E-state index in [1.165, 1.54) is 12.5 Å². The molecule has 28 heavy (non-hydrogen) atoms. The van der Waals surface area contributed by atoms with Crippen LogP contribution in [0.15, 0.2) is 29.1 Å². The van der Waals surface area contributed by atoms with Crippen LogP contribution in [0.2, 0.25) is 0 Å². The Labute approximate surface area is 166 Å². The Morgan fingerprint density at radius 3 is 2.50 bits per heavy atom. The van der Waals surface area contributed by atoms with Crippen molar-refractivity contribution in [1.29, 1.82) is 0 Å². The normalized spacial score (nSPS) is 11.0. The number of Topliss-reactive ketones (excluding diaryl/α,β-unsaturated/α-hetero) is 1. The number of hydrogen-bond donors (Lipinski definition) is 3. The van der Waals surface area contributed by atoms with Crippen LogP contribution in [0.3, 0.4) is 0 Å². The van der Waals surface area contributed by atoms with Gasteiger partial charge in [-0.3, -0.25) is 14.4 Å². The first kappa shape index (κ1) is 19.8. The number of aromatic hydroxyl groups is 1. The number of anilines is 1. The van der Waals surface area contributed by atoms with Gasteiger partial charge in [0.1, 0.15) is 16.1 Å². The number of H-pyrrole nitrogens is 1. The molecular formula is C21H22N2O4S. The number of rotatable bonds is 6. The number of benzene rings is 1. The molecule has 1 aromatic carbocycles. The molecule has 1 amide bonds. The first-order valence-electron chi connectivity index (χ1n) is 9.13. The maximum absolute atomic E-state index is 12.7. The number of aromatic amines is 1. The van der Waals surface area contributed by atoms with Gasteiger partial charge < -0.3 is 15.4 Å². The minimum absolute atomic E-state index is 0.159. The first-order valence-corrected chi connectivity index (χ1v) is 9.94. The largest absolute Gasteiger partial charge is 0.506 e. The molecule has 0 aliphatic rings. The molecule has 3 aromatic rings. The van der Waals surface area contributed by atoms with Crippen molar-refractivity contribution in [3.63, 3.8) is 0 Å². The zero-order chi connectivity index (χ0) is 20.4. The Hall–Kier alpha value is -2.93. The molecule has 3 rings (SSSR count). The summed E-state index contributed by atoms with van der Waals surface area (Å²) in [5, 5.41) is 13.6. The van der Waals surface area contributed by atoms with Crippen LogP contribution in [0.25, 0.3) is 10.2 Å². The first-order chi connectivity index (χ1) is 13.3. The van der Waals surface area contributed by atoms with E-state index in [1.54, 1.807) is 19.1 Å². The Morgan fingerprint density at radius 2 is 1.89 bits per heavy atom. The summed E-state index contributed by atoms with van der Waals surface area (Å²) in [5.74, 6) is -1.26. The van der Waals surface area contributed by atoms with Crippen LogP contribution in [0.5, 0.6) is 5.75 Å². The third-order valence-corrected chi connectivity index (χ3v) is 5.96. The van der Waals surface area contributed by atoms with Crippen LogP contribution in [-0.4, -0.2) is 21.8 Å². The van der Waals surface area contributed by atoms with Crippen molar-refractivity contribution in [1.82, 2.24) is 4.98 Å². The molecule has 0 radical (unpaired) electrons. The van der Waals surface area contributed by atoms with E-state index in [0.717, 1.165) is 30.6 Å². The van der Waals surface area contributed by atoms with Crippen LogP contribution in [0.1, 0.15) is 57.8 Å². The molecule has 0 atom stereocenters. The second kappa shape index (κ2) is 7.98. The number of aromatic nitrogens is 1. The molecule has 0 saturated heterocycles. The van der Waals surface area contributed by atoms with Gasteiger partial charge in [0.15, 0.2) is 5.78 Å². The van der Waals surface area contributed by atoms with E-state index in [0.29, 0.717) is 26.3 Å². The highest BCUT2D eigenvalue weighted by Crippen LogP contribution is 2.36. The lowest BCUT2D eigenvalue weighted by molar-refractivity contribution is 0.101. The average molecular weight is 398 g/mol. The van der Waals surface area contributed by atoms with E-state index < -0.39 is 17.2 Å². The van der Waals surface area contributed by atoms with Gasteiger partial charge in [0, 0.05) is 5.69 Å². The number of ketones is 1. The number of unbranched alkanes of at least 4 members (excludes halogenated alkanes) is 1. The van der Waals surface area contributed by atoms with Gasteiger partial charge in [-0.2, -0.15) is 0 Å². The smallest absolute Gasteiger partial charge is 0.265 e. The molecule has 146 valence electrons. The van der Waals surface area contributed by atoms with E-state index in [-0.39, 0.29) is 11.3 Å². The number of pyridine rings is 1. The molecule has 0 saturated carbocycles. The number of nitrogens with one attached hydrogen (secondary N) is 2. The van der Waals surface area contributed by atoms with Gasteiger partial charge in [0.2, 0.25) is 0 Å². The van der Waals surface area contributed by atoms with Crippen molar-refractivity contribution in [2.75, 3.05) is 5.32 Å². The van der Waals surface area contributed by atoms with E-state index in [2.05, 4.69) is 17.2 Å². The van der Waals surface area contributed by atoms with Gasteiger partial charge in [0.25, 0.3) is 11.5 Å². The van der Waals surface area contributed by atoms with E-state index >= 15 is 0 Å². The number of fused-ring (bicyclic) bond motifs is 1. The molecule has 0 aliphatic heterocycles. The summed E-state index contributed by atoms with van der Waals surface area (Å²) in [7, 11) is 0. The van der Waals surface area contributed by atoms with Crippen LogP contribution >= 0.6 is 11.3 Å². The molecule has 0 bridgehead atoms. The zero-order valence-electron chi connectivity index (χ0n) is 16.0. The van der Waals surface area contributed by atoms with Crippen molar-refractivity contribution >= 4 is 38.9 Å². The summed E-state index contributed by atoms with van der Waals surface area (Å²) in [4.78, 5) is 40.2. The van der Waals surface area contributed by atoms with E-state index in [4.69, 9.17) is 0 Å². The maximum atomic E-state index is 12.7. The Morgan fingerprint density at radius 1 is 1.21 bits per heavy atom. The Kier molecular flexibility index (Phi) is 5.65. The summed E-state index contributed by atoms with van der Waals surface area (Å²) >= 11 is 1.10. The molecule has 3 N–H and O–H groups in total. The third kappa shape index (κ3) is 3.71. The van der Waals surface area contributed by atoms with Crippen molar-refractivity contribution in [2.45, 2.75) is 40.0 Å². The SMILES string of the molecule is CCCCc1ccc(NC(=O)c2c(O)c3c(C)c(C(C)=O)sc3[nH]c2=O)cc1. The number of thiophene rings is 1. The maximum Gasteiger partial charge on any atom is 0.265 e. The average Bonchev–Trinajstić information content (AvgIpc) is 2.98. The summed E-state index contributed by atoms with van der Waals surface area (Å²) in [6, 6.07) is 7.41. The Balaban J connectivity index is 1.94. The van der Waals surface area contributed by atoms with E-state index in [9.17, 15) is 19.5 Å². The highest BCUT2D eigenvalue weighted by atomic mass is 32.1. The van der Waals surface area contributed by atoms with Crippen molar-refractivity contribution in [3.8, 4) is 5.75 Å². The van der Waals surface area contributed by atoms with Gasteiger partial charge in [-0.05, 0) is 49.9 Å². The van der Waals surface area contributed by atoms with E-state index in [1.807, 2.05) is 12.1 Å². The fourth-order valence-corrected chi connectivity index (χ4v) is 4.26. The summed E-state index contributed by atoms with van der Waals surface area (Å²) in [6.45, 7) is 5.24. The summed E-state index contributed by atoms with van der Waals surface area (Å²) in [6.07, 6.45) is 3.17. The van der Waals surface area contributed by atoms with Crippen molar-refractivity contribution in [3.05, 3.63) is 56.2 Å². The fraction of sp³-hybridized carbons (Fsp3) is 0.286. The highest BCUT2D eigenvalue weighted by molar-refractivity contribution is 7.20. The molecule has 6 nitrogen and oxygen atoms in total. The monoisotopic (exact) mass is 398 g/mol. The number of carbonyl (C=O) groups is 2. The lowest BCUT2D eigenvalue weighted by Crippen LogP contribution is -2.23. The van der Waals surface area contributed by atoms with Crippen molar-refractivity contribution in [2.24, 2.45) is 0 Å². The number of hydrogen-bond acceptors (Lipinski definition) is 5. The number of carbonyl (C=O) groups excluding carboxylic acids is 2. The molecule has 0 unspecified atom stereocenters. The van der Waals surface area contributed by atoms with Crippen LogP contribution in [0, 0.1) is 6.92 Å². The third-order valence-electron chi connectivity index (χ3n) is 4.65. The van der Waals surface area contributed by atoms with Crippen LogP contribution in [-0.2, 0) is 6.42 Å². The molecule has 0 spiro atoms. The zero-order valence-corrected chi connectivity index (χ0v) is 16.8. The number of aryl methyl sites for hydroxylation is 2. The topological polar surface area (TPSA) is 99.3 Å². The Bertz CT molecular complexity index is 1110. The van der Waals surface area contributed by atoms with Crippen LogP contribution in [0.4, 0.5) is 5.69 Å². The molecule has 0 fully saturated rings. The van der Waals surface area contributed by atoms with Gasteiger partial charge >= 0.3 is 0 Å². The predicted molar refractivity (Wildman–Crippen MR) is 112 cm³/mol. The molecule has 2 heterocycles. The van der Waals surface area contributed by atoms with Gasteiger partial charge in [-0.25, -0.2) is 0 Å². The molecule has 2 aromatic heterocycles. The van der Waals surface area contributed by atoms with Gasteiger partial charge in [-0.15, -0.1) is 11.3 Å². The van der Waals surface area contributed by atoms with Gasteiger partial charge in [0.05, 0.1) is 10.3 Å². The second-order valence-corrected chi connectivity index (χ2v) is 7.77. The van der Waals surface area contributed by atoms with Crippen molar-refractivity contribution < 1.29 is 14.7 Å². The lowest BCUT2D eigenvalue weighted by Gasteiger charge is -2.08. The standard InChI is InChI=1S/C21H22N2O4S/c1-4-5-6-13-7-9-14(10-8-13)22-19(26)16-17(25)15-11(2)18(12(3)24)28-21(15)23-20(16)27/h7-10H,4-6H2,1-3H3,(H,22,26)(H2,23,25,27). The molecular weight excluding hydrogens is 376 g/mol. The highest BCUT2D eigenvalue weighted by Gasteiger charge is 2.24. The minimum atomic E-state index is -0.697. The quantitative estimate of drug-likeness (QED) is 0.536.